The second-order valence-corrected chi connectivity index (χ2v) is 4.06. The standard InChI is InChI=1S/C13H15N3O2/c1-16-8-7-12(15-16)14-9-11(13(17)18)10-5-3-2-4-6-10/h2-8,11H,9H2,1H3,(H,14,15)(H,17,18). The highest BCUT2D eigenvalue weighted by Gasteiger charge is 2.19. The summed E-state index contributed by atoms with van der Waals surface area (Å²) in [6, 6.07) is 11.0. The largest absolute Gasteiger partial charge is 0.481 e. The Balaban J connectivity index is 2.06. The van der Waals surface area contributed by atoms with Crippen LogP contribution in [0.15, 0.2) is 42.6 Å². The van der Waals surface area contributed by atoms with Crippen LogP contribution < -0.4 is 5.32 Å². The molecule has 1 aromatic carbocycles. The fourth-order valence-electron chi connectivity index (χ4n) is 1.75. The molecule has 0 spiro atoms. The molecule has 0 saturated carbocycles. The Labute approximate surface area is 105 Å². The fraction of sp³-hybridized carbons (Fsp3) is 0.231. The Hall–Kier alpha value is -2.30. The van der Waals surface area contributed by atoms with Crippen LogP contribution in [0.3, 0.4) is 0 Å². The highest BCUT2D eigenvalue weighted by Crippen LogP contribution is 2.16. The van der Waals surface area contributed by atoms with Crippen molar-refractivity contribution in [1.82, 2.24) is 9.78 Å². The molecule has 0 saturated heterocycles. The summed E-state index contributed by atoms with van der Waals surface area (Å²) in [4.78, 5) is 11.3. The van der Waals surface area contributed by atoms with Crippen LogP contribution in [0.25, 0.3) is 0 Å². The summed E-state index contributed by atoms with van der Waals surface area (Å²) in [7, 11) is 1.82. The first kappa shape index (κ1) is 12.2. The van der Waals surface area contributed by atoms with Crippen LogP contribution >= 0.6 is 0 Å². The predicted octanol–water partition coefficient (Wildman–Crippen LogP) is 1.70. The highest BCUT2D eigenvalue weighted by atomic mass is 16.4. The van der Waals surface area contributed by atoms with Gasteiger partial charge in [0.05, 0.1) is 5.92 Å². The maximum atomic E-state index is 11.3. The topological polar surface area (TPSA) is 67.2 Å². The van der Waals surface area contributed by atoms with E-state index in [2.05, 4.69) is 10.4 Å². The SMILES string of the molecule is Cn1ccc(NCC(C(=O)O)c2ccccc2)n1. The van der Waals surface area contributed by atoms with Gasteiger partial charge in [0, 0.05) is 25.9 Å². The third-order valence-corrected chi connectivity index (χ3v) is 2.70. The first-order valence-electron chi connectivity index (χ1n) is 5.68. The maximum absolute atomic E-state index is 11.3. The zero-order chi connectivity index (χ0) is 13.0. The van der Waals surface area contributed by atoms with Crippen molar-refractivity contribution in [3.05, 3.63) is 48.2 Å². The number of anilines is 1. The Morgan fingerprint density at radius 3 is 2.67 bits per heavy atom. The lowest BCUT2D eigenvalue weighted by Crippen LogP contribution is -2.21. The van der Waals surface area contributed by atoms with Gasteiger partial charge in [0.2, 0.25) is 0 Å². The molecule has 0 aliphatic heterocycles. The van der Waals surface area contributed by atoms with Crippen molar-refractivity contribution in [3.8, 4) is 0 Å². The number of carboxylic acid groups (broad SMARTS) is 1. The van der Waals surface area contributed by atoms with Crippen molar-refractivity contribution in [3.63, 3.8) is 0 Å². The van der Waals surface area contributed by atoms with E-state index in [4.69, 9.17) is 0 Å². The molecule has 1 atom stereocenters. The molecule has 0 amide bonds. The van der Waals surface area contributed by atoms with Crippen molar-refractivity contribution in [2.75, 3.05) is 11.9 Å². The van der Waals surface area contributed by atoms with Crippen molar-refractivity contribution in [2.24, 2.45) is 7.05 Å². The fourth-order valence-corrected chi connectivity index (χ4v) is 1.75. The summed E-state index contributed by atoms with van der Waals surface area (Å²) < 4.78 is 1.67. The minimum Gasteiger partial charge on any atom is -0.481 e. The molecule has 1 heterocycles. The van der Waals surface area contributed by atoms with E-state index in [1.165, 1.54) is 0 Å². The van der Waals surface area contributed by atoms with Crippen LogP contribution in [0.1, 0.15) is 11.5 Å². The van der Waals surface area contributed by atoms with Crippen LogP contribution in [-0.2, 0) is 11.8 Å². The number of nitrogens with one attached hydrogen (secondary N) is 1. The first-order chi connectivity index (χ1) is 8.66. The number of hydrogen-bond acceptors (Lipinski definition) is 3. The second kappa shape index (κ2) is 5.35. The summed E-state index contributed by atoms with van der Waals surface area (Å²) in [6.07, 6.45) is 1.81. The van der Waals surface area contributed by atoms with Gasteiger partial charge in [-0.25, -0.2) is 0 Å². The number of aryl methyl sites for hydroxylation is 1. The molecule has 18 heavy (non-hydrogen) atoms. The van der Waals surface area contributed by atoms with E-state index in [1.54, 1.807) is 10.9 Å². The van der Waals surface area contributed by atoms with E-state index in [0.717, 1.165) is 5.56 Å². The van der Waals surface area contributed by atoms with Gasteiger partial charge in [-0.15, -0.1) is 0 Å². The van der Waals surface area contributed by atoms with Crippen molar-refractivity contribution in [1.29, 1.82) is 0 Å². The van der Waals surface area contributed by atoms with Crippen LogP contribution in [0, 0.1) is 0 Å². The monoisotopic (exact) mass is 245 g/mol. The van der Waals surface area contributed by atoms with E-state index >= 15 is 0 Å². The zero-order valence-corrected chi connectivity index (χ0v) is 10.1. The van der Waals surface area contributed by atoms with E-state index in [9.17, 15) is 9.90 Å². The van der Waals surface area contributed by atoms with Crippen molar-refractivity contribution < 1.29 is 9.90 Å². The van der Waals surface area contributed by atoms with Gasteiger partial charge >= 0.3 is 5.97 Å². The quantitative estimate of drug-likeness (QED) is 0.841. The molecule has 0 radical (unpaired) electrons. The summed E-state index contributed by atoms with van der Waals surface area (Å²) in [5.41, 5.74) is 0.786. The van der Waals surface area contributed by atoms with Gasteiger partial charge in [-0.1, -0.05) is 30.3 Å². The van der Waals surface area contributed by atoms with Crippen LogP contribution in [0.5, 0.6) is 0 Å². The molecule has 1 unspecified atom stereocenters. The van der Waals surface area contributed by atoms with Gasteiger partial charge in [0.1, 0.15) is 5.82 Å². The zero-order valence-electron chi connectivity index (χ0n) is 10.1. The molecular formula is C13H15N3O2. The molecule has 94 valence electrons. The number of aromatic nitrogens is 2. The Morgan fingerprint density at radius 1 is 1.39 bits per heavy atom. The molecule has 0 aliphatic rings. The van der Waals surface area contributed by atoms with E-state index in [1.807, 2.05) is 43.4 Å². The number of nitrogens with zero attached hydrogens (tertiary/aromatic N) is 2. The van der Waals surface area contributed by atoms with Gasteiger partial charge in [0.25, 0.3) is 0 Å². The number of carboxylic acids is 1. The van der Waals surface area contributed by atoms with Crippen molar-refractivity contribution in [2.45, 2.75) is 5.92 Å². The Kier molecular flexibility index (Phi) is 3.62. The van der Waals surface area contributed by atoms with Crippen LogP contribution in [0.4, 0.5) is 5.82 Å². The van der Waals surface area contributed by atoms with Crippen molar-refractivity contribution >= 4 is 11.8 Å². The number of benzene rings is 1. The van der Waals surface area contributed by atoms with E-state index in [-0.39, 0.29) is 0 Å². The molecule has 2 aromatic rings. The minimum atomic E-state index is -0.843. The molecule has 2 rings (SSSR count). The molecule has 0 fully saturated rings. The Morgan fingerprint density at radius 2 is 2.11 bits per heavy atom. The number of rotatable bonds is 5. The van der Waals surface area contributed by atoms with Crippen LogP contribution in [0.2, 0.25) is 0 Å². The molecule has 0 aliphatic carbocycles. The summed E-state index contributed by atoms with van der Waals surface area (Å²) >= 11 is 0. The minimum absolute atomic E-state index is 0.316. The summed E-state index contributed by atoms with van der Waals surface area (Å²) in [5, 5.41) is 16.4. The highest BCUT2D eigenvalue weighted by molar-refractivity contribution is 5.76. The van der Waals surface area contributed by atoms with Gasteiger partial charge in [-0.3, -0.25) is 9.48 Å². The molecule has 0 bridgehead atoms. The third kappa shape index (κ3) is 2.88. The number of hydrogen-bond donors (Lipinski definition) is 2. The summed E-state index contributed by atoms with van der Waals surface area (Å²) in [6.45, 7) is 0.316. The van der Waals surface area contributed by atoms with E-state index in [0.29, 0.717) is 12.4 Å². The van der Waals surface area contributed by atoms with E-state index < -0.39 is 11.9 Å². The molecule has 5 heteroatoms. The molecule has 2 N–H and O–H groups in total. The average molecular weight is 245 g/mol. The van der Waals surface area contributed by atoms with Gasteiger partial charge < -0.3 is 10.4 Å². The number of carbonyl (C=O) groups is 1. The lowest BCUT2D eigenvalue weighted by atomic mass is 9.99. The van der Waals surface area contributed by atoms with Gasteiger partial charge in [-0.05, 0) is 5.56 Å². The first-order valence-corrected chi connectivity index (χ1v) is 5.68. The summed E-state index contributed by atoms with van der Waals surface area (Å²) in [5.74, 6) is -0.738. The third-order valence-electron chi connectivity index (χ3n) is 2.70. The predicted molar refractivity (Wildman–Crippen MR) is 68.5 cm³/mol. The lowest BCUT2D eigenvalue weighted by Gasteiger charge is -2.13. The smallest absolute Gasteiger partial charge is 0.312 e. The normalized spacial score (nSPS) is 12.1. The molecule has 1 aromatic heterocycles. The number of aliphatic carboxylic acids is 1. The molecular weight excluding hydrogens is 230 g/mol. The molecule has 5 nitrogen and oxygen atoms in total. The lowest BCUT2D eigenvalue weighted by molar-refractivity contribution is -0.138. The second-order valence-electron chi connectivity index (χ2n) is 4.06. The maximum Gasteiger partial charge on any atom is 0.312 e. The van der Waals surface area contributed by atoms with Crippen LogP contribution in [-0.4, -0.2) is 27.4 Å². The van der Waals surface area contributed by atoms with Gasteiger partial charge in [-0.2, -0.15) is 5.10 Å². The average Bonchev–Trinajstić information content (AvgIpc) is 2.76. The Bertz CT molecular complexity index is 522. The van der Waals surface area contributed by atoms with Gasteiger partial charge in [0.15, 0.2) is 0 Å².